The highest BCUT2D eigenvalue weighted by Gasteiger charge is 2.50. The number of hydrogen-bond acceptors (Lipinski definition) is 15. The van der Waals surface area contributed by atoms with Crippen molar-refractivity contribution in [2.24, 2.45) is 29.6 Å². The van der Waals surface area contributed by atoms with Crippen LogP contribution in [0.15, 0.2) is 53.2 Å². The molecule has 1 amide bonds. The van der Waals surface area contributed by atoms with Gasteiger partial charge in [-0.3, -0.25) is 23.6 Å². The summed E-state index contributed by atoms with van der Waals surface area (Å²) in [7, 11) is 1.43. The number of fused-ring (bicyclic) bond motifs is 15. The zero-order valence-corrected chi connectivity index (χ0v) is 44.5. The molecule has 404 valence electrons. The monoisotopic (exact) mass is 1040 g/mol. The quantitative estimate of drug-likeness (QED) is 0.0511. The summed E-state index contributed by atoms with van der Waals surface area (Å²) in [6.07, 6.45) is 7.40. The lowest BCUT2D eigenvalue weighted by molar-refractivity contribution is -0.160. The van der Waals surface area contributed by atoms with Gasteiger partial charge in [0.2, 0.25) is 0 Å². The summed E-state index contributed by atoms with van der Waals surface area (Å²) in [5.74, 6) is -8.79. The normalized spacial score (nSPS) is 29.3. The third-order valence-corrected chi connectivity index (χ3v) is 16.1. The first-order valence-corrected chi connectivity index (χ1v) is 25.8. The Hall–Kier alpha value is -6.47. The molecule has 4 aromatic rings. The van der Waals surface area contributed by atoms with Crippen molar-refractivity contribution in [1.82, 2.24) is 9.72 Å². The second-order valence-electron chi connectivity index (χ2n) is 21.4. The van der Waals surface area contributed by atoms with Crippen LogP contribution in [0.3, 0.4) is 0 Å². The van der Waals surface area contributed by atoms with Crippen LogP contribution >= 0.6 is 0 Å². The fourth-order valence-corrected chi connectivity index (χ4v) is 11.4. The van der Waals surface area contributed by atoms with Crippen LogP contribution in [0.25, 0.3) is 16.3 Å². The van der Waals surface area contributed by atoms with Crippen LogP contribution in [0.2, 0.25) is 0 Å². The molecule has 0 unspecified atom stereocenters. The molecule has 1 saturated carbocycles. The molecule has 5 bridgehead atoms. The SMILES string of the molecule is CO[C@H]1/C=C/O[C@@]2(C)Oc3c(C)c(O)c4c(O)c(c(CNC[C@@H]5CCN(c6c(F)cn7c(=O)c(C)cc(C8CC8)c7c6C)C5)c(O)c4c3C2=O)NC(=O)/C(C)=C\C=C\[C@H](C)[C@H](O)[C@@H](C)[C@@H](O)[C@@H](C)[C@H](OC(C)=O)[C@@H]1C. The zero-order valence-electron chi connectivity index (χ0n) is 44.5. The molecule has 2 aromatic heterocycles. The molecule has 6 heterocycles. The number of aromatic nitrogens is 1. The van der Waals surface area contributed by atoms with Gasteiger partial charge >= 0.3 is 11.8 Å². The summed E-state index contributed by atoms with van der Waals surface area (Å²) < 4.78 is 41.4. The molecular formula is C57H71FN4O13. The van der Waals surface area contributed by atoms with Crippen LogP contribution in [0.1, 0.15) is 112 Å². The molecule has 10 atom stereocenters. The van der Waals surface area contributed by atoms with E-state index in [1.807, 2.05) is 17.9 Å². The molecule has 5 aliphatic rings. The minimum Gasteiger partial charge on any atom is -0.507 e. The fourth-order valence-electron chi connectivity index (χ4n) is 11.4. The minimum atomic E-state index is -2.09. The Balaban J connectivity index is 1.16. The van der Waals surface area contributed by atoms with Crippen LogP contribution in [0.5, 0.6) is 23.0 Å². The van der Waals surface area contributed by atoms with Gasteiger partial charge in [-0.25, -0.2) is 4.39 Å². The molecule has 4 aliphatic heterocycles. The van der Waals surface area contributed by atoms with Crippen LogP contribution in [-0.2, 0) is 30.3 Å². The maximum Gasteiger partial charge on any atom is 0.312 e. The number of aryl methyl sites for hydroxylation is 2. The molecule has 0 spiro atoms. The average molecular weight is 1040 g/mol. The summed E-state index contributed by atoms with van der Waals surface area (Å²) in [4.78, 5) is 56.4. The van der Waals surface area contributed by atoms with Gasteiger partial charge in [-0.05, 0) is 82.1 Å². The summed E-state index contributed by atoms with van der Waals surface area (Å²) in [6, 6.07) is 1.93. The number of halogens is 1. The van der Waals surface area contributed by atoms with Crippen molar-refractivity contribution in [2.75, 3.05) is 37.0 Å². The number of phenolic OH excluding ortho intramolecular Hbond substituents is 3. The lowest BCUT2D eigenvalue weighted by Crippen LogP contribution is -2.46. The van der Waals surface area contributed by atoms with Gasteiger partial charge < -0.3 is 60.0 Å². The van der Waals surface area contributed by atoms with Gasteiger partial charge in [0, 0.05) is 98.5 Å². The number of anilines is 2. The van der Waals surface area contributed by atoms with Crippen molar-refractivity contribution in [2.45, 2.75) is 131 Å². The highest BCUT2D eigenvalue weighted by Crippen LogP contribution is 2.55. The van der Waals surface area contributed by atoms with Crippen molar-refractivity contribution >= 4 is 45.3 Å². The Kier molecular flexibility index (Phi) is 15.5. The average Bonchev–Trinajstić information content (AvgIpc) is 4.06. The highest BCUT2D eigenvalue weighted by atomic mass is 19.1. The molecule has 18 heteroatoms. The van der Waals surface area contributed by atoms with E-state index < -0.39 is 94.6 Å². The van der Waals surface area contributed by atoms with E-state index in [1.54, 1.807) is 46.8 Å². The van der Waals surface area contributed by atoms with Crippen molar-refractivity contribution in [3.05, 3.63) is 98.0 Å². The topological polar surface area (TPSA) is 238 Å². The number of aliphatic hydroxyl groups excluding tert-OH is 2. The van der Waals surface area contributed by atoms with E-state index in [0.29, 0.717) is 48.8 Å². The van der Waals surface area contributed by atoms with Crippen molar-refractivity contribution in [3.8, 4) is 23.0 Å². The minimum absolute atomic E-state index is 0.0174. The summed E-state index contributed by atoms with van der Waals surface area (Å²) >= 11 is 0. The fraction of sp³-hybridized carbons (Fsp3) is 0.509. The number of ketones is 1. The molecule has 9 rings (SSSR count). The lowest BCUT2D eigenvalue weighted by atomic mass is 9.78. The van der Waals surface area contributed by atoms with Gasteiger partial charge in [0.25, 0.3) is 17.2 Å². The number of ether oxygens (including phenoxy) is 4. The summed E-state index contributed by atoms with van der Waals surface area (Å²) in [5.41, 5.74) is 2.97. The predicted octanol–water partition coefficient (Wildman–Crippen LogP) is 7.62. The number of Topliss-reactive ketones (excluding diaryl/α,β-unsaturated/α-hetero) is 1. The molecule has 7 N–H and O–H groups in total. The van der Waals surface area contributed by atoms with Gasteiger partial charge in [0.05, 0.1) is 58.6 Å². The standard InChI is InChI=1S/C57H71FN4O13/c1-26-13-12-14-27(2)55(70)60-44-38(23-59-22-35-17-19-61(24-35)46-30(5)45-37(36-15-16-36)21-28(3)56(71)62(45)25-39(46)58)50(67)41-42(51(44)68)49(66)33(8)53-43(41)54(69)57(10,75-53)73-20-18-40(72-11)29(4)52(74-34(9)63)32(7)48(65)31(6)47(26)64/h12-14,18,20-21,25-26,29,31-32,35-36,40,47-48,52,59,64-68H,15-17,19,22-24H2,1-11H3,(H,60,70)/b13-12+,20-18+,27-14-/t26-,29+,31+,32+,35-,40-,47-,48+,52+,57-/m0/s1. The van der Waals surface area contributed by atoms with Gasteiger partial charge in [-0.2, -0.15) is 0 Å². The Labute approximate surface area is 435 Å². The summed E-state index contributed by atoms with van der Waals surface area (Å²) in [6.45, 7) is 17.2. The Morgan fingerprint density at radius 3 is 2.31 bits per heavy atom. The highest BCUT2D eigenvalue weighted by molar-refractivity contribution is 6.22. The number of phenols is 3. The third kappa shape index (κ3) is 10.1. The first-order valence-electron chi connectivity index (χ1n) is 25.8. The van der Waals surface area contributed by atoms with Gasteiger partial charge in [0.15, 0.2) is 11.6 Å². The smallest absolute Gasteiger partial charge is 0.312 e. The second kappa shape index (κ2) is 21.3. The number of hydrogen-bond donors (Lipinski definition) is 7. The molecule has 1 saturated heterocycles. The number of nitrogens with one attached hydrogen (secondary N) is 2. The maximum atomic E-state index is 16.1. The first-order chi connectivity index (χ1) is 35.4. The number of aromatic hydroxyl groups is 3. The van der Waals surface area contributed by atoms with Gasteiger partial charge in [-0.15, -0.1) is 0 Å². The molecule has 2 aromatic carbocycles. The Morgan fingerprint density at radius 2 is 1.64 bits per heavy atom. The molecule has 0 radical (unpaired) electrons. The molecule has 1 aliphatic carbocycles. The van der Waals surface area contributed by atoms with E-state index in [1.165, 1.54) is 63.8 Å². The van der Waals surface area contributed by atoms with Crippen molar-refractivity contribution < 1.29 is 63.3 Å². The van der Waals surface area contributed by atoms with E-state index >= 15 is 4.39 Å². The van der Waals surface area contributed by atoms with E-state index in [0.717, 1.165) is 23.9 Å². The predicted molar refractivity (Wildman–Crippen MR) is 281 cm³/mol. The maximum absolute atomic E-state index is 16.1. The number of carbonyl (C=O) groups excluding carboxylic acids is 3. The van der Waals surface area contributed by atoms with Gasteiger partial charge in [0.1, 0.15) is 23.4 Å². The van der Waals surface area contributed by atoms with E-state index in [-0.39, 0.29) is 62.5 Å². The third-order valence-electron chi connectivity index (χ3n) is 16.1. The number of amides is 1. The van der Waals surface area contributed by atoms with Crippen molar-refractivity contribution in [1.29, 1.82) is 0 Å². The number of allylic oxidation sites excluding steroid dienone is 2. The van der Waals surface area contributed by atoms with E-state index in [9.17, 15) is 44.7 Å². The van der Waals surface area contributed by atoms with Crippen LogP contribution in [0, 0.1) is 56.2 Å². The molecular weight excluding hydrogens is 968 g/mol. The molecule has 17 nitrogen and oxygen atoms in total. The Bertz CT molecular complexity index is 3110. The zero-order chi connectivity index (χ0) is 54.7. The largest absolute Gasteiger partial charge is 0.507 e. The van der Waals surface area contributed by atoms with Crippen molar-refractivity contribution in [3.63, 3.8) is 0 Å². The van der Waals surface area contributed by atoms with E-state index in [4.69, 9.17) is 18.9 Å². The first kappa shape index (κ1) is 54.8. The number of esters is 1. The summed E-state index contributed by atoms with van der Waals surface area (Å²) in [5, 5.41) is 65.1. The molecule has 2 fully saturated rings. The number of nitrogens with zero attached hydrogens (tertiary/aromatic N) is 2. The van der Waals surface area contributed by atoms with Crippen LogP contribution < -0.4 is 25.8 Å². The Morgan fingerprint density at radius 1 is 0.933 bits per heavy atom. The van der Waals surface area contributed by atoms with Crippen LogP contribution in [-0.4, -0.2) is 105 Å². The van der Waals surface area contributed by atoms with E-state index in [2.05, 4.69) is 10.6 Å². The van der Waals surface area contributed by atoms with Gasteiger partial charge in [-0.1, -0.05) is 45.9 Å². The number of aliphatic hydroxyl groups is 2. The number of rotatable bonds is 8. The number of pyridine rings is 2. The number of benzene rings is 2. The number of carbonyl (C=O) groups is 3. The number of methoxy groups -OCH3 is 1. The lowest BCUT2D eigenvalue weighted by Gasteiger charge is -2.38. The van der Waals surface area contributed by atoms with Crippen LogP contribution in [0.4, 0.5) is 15.8 Å². The molecule has 75 heavy (non-hydrogen) atoms. The second-order valence-corrected chi connectivity index (χ2v) is 21.4.